The molecule has 9 heteroatoms. The molecule has 0 aliphatic carbocycles. The Kier molecular flexibility index (Phi) is 3.93. The van der Waals surface area contributed by atoms with Crippen molar-refractivity contribution >= 4 is 11.7 Å². The Morgan fingerprint density at radius 1 is 1.31 bits per heavy atom. The fourth-order valence-corrected chi connectivity index (χ4v) is 3.37. The lowest BCUT2D eigenvalue weighted by molar-refractivity contribution is -0.286. The number of likely N-dealkylation sites (tertiary alicyclic amines) is 1. The molecule has 0 radical (unpaired) electrons. The lowest BCUT2D eigenvalue weighted by Crippen LogP contribution is -2.40. The lowest BCUT2D eigenvalue weighted by atomic mass is 9.92. The number of hydrogen-bond acceptors (Lipinski definition) is 4. The van der Waals surface area contributed by atoms with Crippen LogP contribution in [0.15, 0.2) is 24.4 Å². The van der Waals surface area contributed by atoms with Gasteiger partial charge >= 0.3 is 12.3 Å². The van der Waals surface area contributed by atoms with Gasteiger partial charge in [0, 0.05) is 36.5 Å². The van der Waals surface area contributed by atoms with Crippen molar-refractivity contribution in [2.45, 2.75) is 32.0 Å². The van der Waals surface area contributed by atoms with Gasteiger partial charge < -0.3 is 19.7 Å². The number of rotatable bonds is 2. The molecule has 0 atom stereocenters. The molecule has 26 heavy (non-hydrogen) atoms. The number of anilines is 1. The van der Waals surface area contributed by atoms with Gasteiger partial charge in [0.25, 0.3) is 0 Å². The minimum absolute atomic E-state index is 0.0521. The molecular weight excluding hydrogens is 346 g/mol. The topological polar surface area (TPSA) is 79.5 Å². The molecule has 2 aliphatic heterocycles. The van der Waals surface area contributed by atoms with Gasteiger partial charge in [-0.3, -0.25) is 5.10 Å². The Hall–Kier alpha value is -2.84. The molecule has 2 N–H and O–H groups in total. The van der Waals surface area contributed by atoms with E-state index in [9.17, 15) is 13.6 Å². The fraction of sp³-hybridized carbons (Fsp3) is 0.412. The normalized spacial score (nSPS) is 18.8. The lowest BCUT2D eigenvalue weighted by Gasteiger charge is -2.31. The van der Waals surface area contributed by atoms with Gasteiger partial charge in [0.15, 0.2) is 11.5 Å². The molecule has 2 aliphatic rings. The largest absolute Gasteiger partial charge is 0.586 e. The van der Waals surface area contributed by atoms with Crippen molar-refractivity contribution in [3.63, 3.8) is 0 Å². The second-order valence-electron chi connectivity index (χ2n) is 6.49. The van der Waals surface area contributed by atoms with E-state index in [0.717, 1.165) is 24.1 Å². The number of aromatic amines is 1. The molecule has 0 unspecified atom stereocenters. The number of nitrogens with zero attached hydrogens (tertiary/aromatic N) is 2. The van der Waals surface area contributed by atoms with E-state index in [0.29, 0.717) is 24.7 Å². The first-order valence-electron chi connectivity index (χ1n) is 8.37. The molecule has 2 amide bonds. The number of aryl methyl sites for hydroxylation is 1. The highest BCUT2D eigenvalue weighted by atomic mass is 19.3. The number of ether oxygens (including phenoxy) is 2. The smallest absolute Gasteiger partial charge is 0.395 e. The summed E-state index contributed by atoms with van der Waals surface area (Å²) in [5.41, 5.74) is 2.63. The van der Waals surface area contributed by atoms with Gasteiger partial charge in [-0.1, -0.05) is 0 Å². The van der Waals surface area contributed by atoms with E-state index in [1.807, 2.05) is 6.92 Å². The van der Waals surface area contributed by atoms with Crippen LogP contribution >= 0.6 is 0 Å². The molecular formula is C17H18F2N4O3. The fourth-order valence-electron chi connectivity index (χ4n) is 3.37. The number of halogens is 2. The average Bonchev–Trinajstić information content (AvgIpc) is 3.15. The van der Waals surface area contributed by atoms with E-state index >= 15 is 0 Å². The van der Waals surface area contributed by atoms with Crippen LogP contribution in [0.2, 0.25) is 0 Å². The minimum Gasteiger partial charge on any atom is -0.395 e. The average molecular weight is 364 g/mol. The third-order valence-corrected chi connectivity index (χ3v) is 4.71. The van der Waals surface area contributed by atoms with Gasteiger partial charge in [-0.05, 0) is 37.5 Å². The van der Waals surface area contributed by atoms with Crippen LogP contribution in [0.5, 0.6) is 11.5 Å². The second-order valence-corrected chi connectivity index (χ2v) is 6.49. The zero-order valence-corrected chi connectivity index (χ0v) is 14.1. The van der Waals surface area contributed by atoms with Gasteiger partial charge in [0.1, 0.15) is 0 Å². The maximum atomic E-state index is 13.1. The molecule has 2 aromatic rings. The molecule has 0 bridgehead atoms. The van der Waals surface area contributed by atoms with Crippen LogP contribution in [0, 0.1) is 6.92 Å². The third-order valence-electron chi connectivity index (χ3n) is 4.71. The minimum atomic E-state index is -3.67. The maximum absolute atomic E-state index is 13.1. The van der Waals surface area contributed by atoms with Crippen LogP contribution in [0.4, 0.5) is 19.3 Å². The summed E-state index contributed by atoms with van der Waals surface area (Å²) in [4.78, 5) is 14.1. The molecule has 1 fully saturated rings. The number of nitrogens with one attached hydrogen (secondary N) is 2. The molecule has 7 nitrogen and oxygen atoms in total. The third kappa shape index (κ3) is 3.16. The molecule has 4 rings (SSSR count). The van der Waals surface area contributed by atoms with E-state index in [1.165, 1.54) is 18.2 Å². The summed E-state index contributed by atoms with van der Waals surface area (Å²) in [6.07, 6.45) is -0.192. The van der Waals surface area contributed by atoms with E-state index < -0.39 is 6.29 Å². The quantitative estimate of drug-likeness (QED) is 0.855. The van der Waals surface area contributed by atoms with Crippen LogP contribution < -0.4 is 14.8 Å². The highest BCUT2D eigenvalue weighted by Crippen LogP contribution is 2.42. The maximum Gasteiger partial charge on any atom is 0.586 e. The summed E-state index contributed by atoms with van der Waals surface area (Å²) in [6.45, 7) is 3.23. The Morgan fingerprint density at radius 3 is 2.73 bits per heavy atom. The molecule has 1 saturated heterocycles. The van der Waals surface area contributed by atoms with Gasteiger partial charge in [-0.15, -0.1) is 8.78 Å². The van der Waals surface area contributed by atoms with Crippen molar-refractivity contribution in [3.05, 3.63) is 35.7 Å². The van der Waals surface area contributed by atoms with Gasteiger partial charge in [0.2, 0.25) is 0 Å². The molecule has 3 heterocycles. The zero-order chi connectivity index (χ0) is 18.3. The molecule has 0 spiro atoms. The van der Waals surface area contributed by atoms with Crippen molar-refractivity contribution in [2.75, 3.05) is 18.4 Å². The number of aromatic nitrogens is 2. The van der Waals surface area contributed by atoms with Crippen LogP contribution in [-0.2, 0) is 0 Å². The Bertz CT molecular complexity index is 831. The first-order valence-corrected chi connectivity index (χ1v) is 8.37. The number of amides is 2. The number of urea groups is 1. The van der Waals surface area contributed by atoms with Crippen LogP contribution in [0.3, 0.4) is 0 Å². The number of benzene rings is 1. The summed E-state index contributed by atoms with van der Waals surface area (Å²) in [5.74, 6) is 0.208. The summed E-state index contributed by atoms with van der Waals surface area (Å²) >= 11 is 0. The van der Waals surface area contributed by atoms with Crippen LogP contribution in [0.1, 0.15) is 30.0 Å². The highest BCUT2D eigenvalue weighted by molar-refractivity contribution is 5.89. The van der Waals surface area contributed by atoms with E-state index in [1.54, 1.807) is 11.1 Å². The van der Waals surface area contributed by atoms with Gasteiger partial charge in [0.05, 0.1) is 6.20 Å². The Labute approximate surface area is 148 Å². The van der Waals surface area contributed by atoms with Crippen molar-refractivity contribution in [3.8, 4) is 11.5 Å². The number of fused-ring (bicyclic) bond motifs is 1. The van der Waals surface area contributed by atoms with Gasteiger partial charge in [-0.25, -0.2) is 4.79 Å². The van der Waals surface area contributed by atoms with Crippen molar-refractivity contribution in [1.29, 1.82) is 0 Å². The van der Waals surface area contributed by atoms with Crippen molar-refractivity contribution in [1.82, 2.24) is 15.1 Å². The molecule has 1 aromatic carbocycles. The van der Waals surface area contributed by atoms with E-state index in [4.69, 9.17) is 0 Å². The Morgan fingerprint density at radius 2 is 2.04 bits per heavy atom. The number of carbonyl (C=O) groups excluding carboxylic acids is 1. The summed E-state index contributed by atoms with van der Waals surface area (Å²) in [7, 11) is 0. The van der Waals surface area contributed by atoms with E-state index in [-0.39, 0.29) is 17.5 Å². The predicted molar refractivity (Wildman–Crippen MR) is 88.5 cm³/mol. The van der Waals surface area contributed by atoms with Gasteiger partial charge in [-0.2, -0.15) is 5.10 Å². The zero-order valence-electron chi connectivity index (χ0n) is 14.1. The number of carbonyl (C=O) groups is 1. The number of H-pyrrole nitrogens is 1. The second kappa shape index (κ2) is 6.15. The number of alkyl halides is 2. The first kappa shape index (κ1) is 16.6. The highest BCUT2D eigenvalue weighted by Gasteiger charge is 2.43. The summed E-state index contributed by atoms with van der Waals surface area (Å²) in [5, 5.41) is 9.80. The Balaban J connectivity index is 1.36. The monoisotopic (exact) mass is 364 g/mol. The molecule has 1 aromatic heterocycles. The number of hydrogen-bond donors (Lipinski definition) is 2. The van der Waals surface area contributed by atoms with Crippen LogP contribution in [-0.4, -0.2) is 40.5 Å². The number of piperidine rings is 1. The standard InChI is InChI=1S/C17H18F2N4O3/c1-10-9-20-22-15(10)11-4-6-23(7-5-11)16(24)21-12-2-3-13-14(8-12)26-17(18,19)25-13/h2-3,8-9,11H,4-7H2,1H3,(H,20,22)(H,21,24). The van der Waals surface area contributed by atoms with E-state index in [2.05, 4.69) is 25.0 Å². The summed E-state index contributed by atoms with van der Waals surface area (Å²) < 4.78 is 34.9. The predicted octanol–water partition coefficient (Wildman–Crippen LogP) is 3.45. The SMILES string of the molecule is Cc1cn[nH]c1C1CCN(C(=O)Nc2ccc3c(c2)OC(F)(F)O3)CC1. The first-order chi connectivity index (χ1) is 12.4. The summed E-state index contributed by atoms with van der Waals surface area (Å²) in [6, 6.07) is 3.91. The molecule has 138 valence electrons. The molecule has 0 saturated carbocycles. The van der Waals surface area contributed by atoms with Crippen LogP contribution in [0.25, 0.3) is 0 Å². The van der Waals surface area contributed by atoms with Crippen molar-refractivity contribution < 1.29 is 23.0 Å². The van der Waals surface area contributed by atoms with Crippen molar-refractivity contribution in [2.24, 2.45) is 0 Å².